The van der Waals surface area contributed by atoms with Crippen molar-refractivity contribution in [3.63, 3.8) is 0 Å². The van der Waals surface area contributed by atoms with Gasteiger partial charge in [0.25, 0.3) is 5.91 Å². The van der Waals surface area contributed by atoms with Gasteiger partial charge < -0.3 is 9.47 Å². The second-order valence-electron chi connectivity index (χ2n) is 5.96. The van der Waals surface area contributed by atoms with Crippen molar-refractivity contribution in [1.82, 2.24) is 14.8 Å². The maximum Gasteiger partial charge on any atom is 0.250 e. The van der Waals surface area contributed by atoms with Gasteiger partial charge in [-0.2, -0.15) is 4.68 Å². The topological polar surface area (TPSA) is 66.2 Å². The van der Waals surface area contributed by atoms with E-state index in [0.29, 0.717) is 34.5 Å². The van der Waals surface area contributed by atoms with Crippen molar-refractivity contribution in [2.75, 3.05) is 14.2 Å². The number of fused-ring (bicyclic) bond motifs is 1. The van der Waals surface area contributed by atoms with Crippen LogP contribution in [0.4, 0.5) is 4.39 Å². The molecule has 0 N–H and O–H groups in total. The van der Waals surface area contributed by atoms with E-state index in [1.807, 2.05) is 18.2 Å². The number of halogens is 1. The molecule has 1 aromatic heterocycles. The lowest BCUT2D eigenvalue weighted by atomic mass is 10.1. The minimum absolute atomic E-state index is 0.102. The standard InChI is InChI=1S/C19H16FN3O3S/c1-25-14-8-5-12(9-15(14)26-2)16-10-17(24)23-19(27-16)21-18(22-23)11-3-6-13(20)7-4-11/h3-9,16H,10H2,1-2H3/t16-/m0/s1. The third kappa shape index (κ3) is 3.28. The lowest BCUT2D eigenvalue weighted by molar-refractivity contribution is 0.0868. The third-order valence-electron chi connectivity index (χ3n) is 4.30. The van der Waals surface area contributed by atoms with E-state index >= 15 is 0 Å². The minimum Gasteiger partial charge on any atom is -0.493 e. The first kappa shape index (κ1) is 17.5. The molecule has 0 bridgehead atoms. The van der Waals surface area contributed by atoms with Gasteiger partial charge in [-0.05, 0) is 42.0 Å². The van der Waals surface area contributed by atoms with Gasteiger partial charge in [0, 0.05) is 17.2 Å². The summed E-state index contributed by atoms with van der Waals surface area (Å²) in [6, 6.07) is 11.5. The number of nitrogens with zero attached hydrogens (tertiary/aromatic N) is 3. The average molecular weight is 385 g/mol. The highest BCUT2D eigenvalue weighted by Gasteiger charge is 2.30. The molecule has 2 aromatic carbocycles. The Bertz CT molecular complexity index is 1000. The molecule has 1 atom stereocenters. The first-order valence-electron chi connectivity index (χ1n) is 8.24. The van der Waals surface area contributed by atoms with Crippen molar-refractivity contribution >= 4 is 17.7 Å². The number of rotatable bonds is 4. The fraction of sp³-hybridized carbons (Fsp3) is 0.211. The summed E-state index contributed by atoms with van der Waals surface area (Å²) in [5.74, 6) is 1.18. The van der Waals surface area contributed by atoms with Gasteiger partial charge in [0.2, 0.25) is 0 Å². The summed E-state index contributed by atoms with van der Waals surface area (Å²) in [6.07, 6.45) is 0.291. The summed E-state index contributed by atoms with van der Waals surface area (Å²) in [4.78, 5) is 17.0. The Labute approximate surface area is 159 Å². The second-order valence-corrected chi connectivity index (χ2v) is 7.13. The van der Waals surface area contributed by atoms with Gasteiger partial charge in [-0.1, -0.05) is 17.8 Å². The number of ether oxygens (including phenoxy) is 2. The zero-order chi connectivity index (χ0) is 19.0. The predicted molar refractivity (Wildman–Crippen MR) is 98.8 cm³/mol. The van der Waals surface area contributed by atoms with Crippen molar-refractivity contribution in [2.24, 2.45) is 0 Å². The molecule has 1 aliphatic rings. The molecule has 0 unspecified atom stereocenters. The Kier molecular flexibility index (Phi) is 4.57. The van der Waals surface area contributed by atoms with Gasteiger partial charge in [-0.15, -0.1) is 5.10 Å². The van der Waals surface area contributed by atoms with Gasteiger partial charge in [0.15, 0.2) is 22.5 Å². The summed E-state index contributed by atoms with van der Waals surface area (Å²) in [6.45, 7) is 0. The van der Waals surface area contributed by atoms with Crippen LogP contribution in [0, 0.1) is 5.82 Å². The zero-order valence-electron chi connectivity index (χ0n) is 14.7. The molecule has 0 spiro atoms. The van der Waals surface area contributed by atoms with Crippen LogP contribution in [-0.2, 0) is 0 Å². The molecule has 138 valence electrons. The van der Waals surface area contributed by atoms with E-state index in [1.165, 1.54) is 28.6 Å². The number of hydrogen-bond acceptors (Lipinski definition) is 6. The highest BCUT2D eigenvalue weighted by Crippen LogP contribution is 2.43. The van der Waals surface area contributed by atoms with Gasteiger partial charge >= 0.3 is 0 Å². The Morgan fingerprint density at radius 1 is 1.11 bits per heavy atom. The number of carbonyl (C=O) groups excluding carboxylic acids is 1. The molecular weight excluding hydrogens is 369 g/mol. The zero-order valence-corrected chi connectivity index (χ0v) is 15.5. The van der Waals surface area contributed by atoms with Crippen LogP contribution in [0.25, 0.3) is 11.4 Å². The molecule has 4 rings (SSSR count). The highest BCUT2D eigenvalue weighted by molar-refractivity contribution is 7.99. The lowest BCUT2D eigenvalue weighted by Crippen LogP contribution is -2.21. The van der Waals surface area contributed by atoms with Crippen LogP contribution in [0.15, 0.2) is 47.6 Å². The maximum atomic E-state index is 13.1. The van der Waals surface area contributed by atoms with E-state index < -0.39 is 0 Å². The molecule has 0 radical (unpaired) electrons. The third-order valence-corrected chi connectivity index (χ3v) is 5.50. The number of hydrogen-bond donors (Lipinski definition) is 0. The van der Waals surface area contributed by atoms with Crippen molar-refractivity contribution < 1.29 is 18.7 Å². The van der Waals surface area contributed by atoms with Gasteiger partial charge in [0.1, 0.15) is 5.82 Å². The summed E-state index contributed by atoms with van der Waals surface area (Å²) in [5, 5.41) is 4.71. The first-order valence-corrected chi connectivity index (χ1v) is 9.12. The van der Waals surface area contributed by atoms with Gasteiger partial charge in [-0.25, -0.2) is 9.37 Å². The molecule has 0 amide bonds. The molecule has 27 heavy (non-hydrogen) atoms. The monoisotopic (exact) mass is 385 g/mol. The Hall–Kier alpha value is -2.87. The SMILES string of the molecule is COc1ccc([C@@H]2CC(=O)n3nc(-c4ccc(F)cc4)nc3S2)cc1OC. The van der Waals surface area contributed by atoms with Crippen LogP contribution in [0.1, 0.15) is 22.0 Å². The number of carbonyl (C=O) groups is 1. The lowest BCUT2D eigenvalue weighted by Gasteiger charge is -2.21. The normalized spacial score (nSPS) is 16.1. The molecule has 3 aromatic rings. The van der Waals surface area contributed by atoms with E-state index in [1.54, 1.807) is 26.4 Å². The smallest absolute Gasteiger partial charge is 0.250 e. The number of thioether (sulfide) groups is 1. The molecule has 8 heteroatoms. The molecule has 1 aliphatic heterocycles. The van der Waals surface area contributed by atoms with E-state index in [0.717, 1.165) is 5.56 Å². The fourth-order valence-corrected chi connectivity index (χ4v) is 4.06. The van der Waals surface area contributed by atoms with Crippen LogP contribution < -0.4 is 9.47 Å². The van der Waals surface area contributed by atoms with Crippen molar-refractivity contribution in [1.29, 1.82) is 0 Å². The van der Waals surface area contributed by atoms with E-state index in [4.69, 9.17) is 9.47 Å². The van der Waals surface area contributed by atoms with Gasteiger partial charge in [-0.3, -0.25) is 4.79 Å². The predicted octanol–water partition coefficient (Wildman–Crippen LogP) is 3.98. The van der Waals surface area contributed by atoms with Crippen LogP contribution in [0.5, 0.6) is 11.5 Å². The molecular formula is C19H16FN3O3S. The summed E-state index contributed by atoms with van der Waals surface area (Å²) >= 11 is 1.46. The first-order chi connectivity index (χ1) is 13.1. The summed E-state index contributed by atoms with van der Waals surface area (Å²) in [7, 11) is 3.16. The number of benzene rings is 2. The molecule has 0 aliphatic carbocycles. The van der Waals surface area contributed by atoms with Crippen molar-refractivity contribution in [3.8, 4) is 22.9 Å². The van der Waals surface area contributed by atoms with E-state index in [9.17, 15) is 9.18 Å². The molecule has 0 saturated carbocycles. The average Bonchev–Trinajstić information content (AvgIpc) is 3.12. The molecule has 0 fully saturated rings. The molecule has 2 heterocycles. The maximum absolute atomic E-state index is 13.1. The van der Waals surface area contributed by atoms with Crippen molar-refractivity contribution in [2.45, 2.75) is 16.8 Å². The summed E-state index contributed by atoms with van der Waals surface area (Å²) in [5.41, 5.74) is 1.61. The van der Waals surface area contributed by atoms with E-state index in [-0.39, 0.29) is 17.0 Å². The molecule has 6 nitrogen and oxygen atoms in total. The van der Waals surface area contributed by atoms with Crippen molar-refractivity contribution in [3.05, 3.63) is 53.8 Å². The van der Waals surface area contributed by atoms with Crippen LogP contribution >= 0.6 is 11.8 Å². The number of aromatic nitrogens is 3. The second kappa shape index (κ2) is 7.03. The van der Waals surface area contributed by atoms with E-state index in [2.05, 4.69) is 10.1 Å². The largest absolute Gasteiger partial charge is 0.493 e. The van der Waals surface area contributed by atoms with Gasteiger partial charge in [0.05, 0.1) is 14.2 Å². The Morgan fingerprint density at radius 2 is 1.85 bits per heavy atom. The van der Waals surface area contributed by atoms with Crippen LogP contribution in [-0.4, -0.2) is 34.9 Å². The minimum atomic E-state index is -0.332. The highest BCUT2D eigenvalue weighted by atomic mass is 32.2. The fourth-order valence-electron chi connectivity index (χ4n) is 2.91. The molecule has 0 saturated heterocycles. The Morgan fingerprint density at radius 3 is 2.56 bits per heavy atom. The summed E-state index contributed by atoms with van der Waals surface area (Å²) < 4.78 is 25.1. The van der Waals surface area contributed by atoms with Crippen LogP contribution in [0.2, 0.25) is 0 Å². The van der Waals surface area contributed by atoms with Crippen LogP contribution in [0.3, 0.4) is 0 Å². The quantitative estimate of drug-likeness (QED) is 0.677. The number of methoxy groups -OCH3 is 2. The Balaban J connectivity index is 1.65.